The van der Waals surface area contributed by atoms with E-state index in [-0.39, 0.29) is 22.3 Å². The van der Waals surface area contributed by atoms with Crippen LogP contribution in [0.5, 0.6) is 0 Å². The van der Waals surface area contributed by atoms with E-state index in [0.29, 0.717) is 9.21 Å². The SMILES string of the molecule is CC(C)[C@H](NC(=O)c1ccccc1Cl)C(=O)OCC(=O)c1ccc(Cl)s1. The fourth-order valence-electron chi connectivity index (χ4n) is 2.12. The van der Waals surface area contributed by atoms with Crippen molar-refractivity contribution in [3.8, 4) is 0 Å². The average molecular weight is 414 g/mol. The first kappa shape index (κ1) is 20.4. The van der Waals surface area contributed by atoms with Gasteiger partial charge in [-0.05, 0) is 30.2 Å². The van der Waals surface area contributed by atoms with Crippen LogP contribution in [-0.2, 0) is 9.53 Å². The number of esters is 1. The summed E-state index contributed by atoms with van der Waals surface area (Å²) in [6, 6.07) is 8.79. The number of amides is 1. The van der Waals surface area contributed by atoms with Gasteiger partial charge in [-0.3, -0.25) is 9.59 Å². The molecule has 1 N–H and O–H groups in total. The molecule has 1 aromatic carbocycles. The zero-order chi connectivity index (χ0) is 19.3. The molecule has 2 rings (SSSR count). The van der Waals surface area contributed by atoms with Crippen LogP contribution in [0, 0.1) is 5.92 Å². The van der Waals surface area contributed by atoms with E-state index in [1.165, 1.54) is 0 Å². The summed E-state index contributed by atoms with van der Waals surface area (Å²) in [5.74, 6) is -1.76. The van der Waals surface area contributed by atoms with Crippen molar-refractivity contribution in [2.24, 2.45) is 5.92 Å². The molecule has 0 aliphatic carbocycles. The Kier molecular flexibility index (Phi) is 7.20. The molecule has 5 nitrogen and oxygen atoms in total. The number of hydrogen-bond acceptors (Lipinski definition) is 5. The number of benzene rings is 1. The summed E-state index contributed by atoms with van der Waals surface area (Å²) in [4.78, 5) is 37.1. The zero-order valence-corrected chi connectivity index (χ0v) is 16.5. The highest BCUT2D eigenvalue weighted by atomic mass is 35.5. The molecule has 0 unspecified atom stereocenters. The Morgan fingerprint density at radius 2 is 1.81 bits per heavy atom. The molecule has 1 aromatic heterocycles. The number of nitrogens with one attached hydrogen (secondary N) is 1. The quantitative estimate of drug-likeness (QED) is 0.544. The molecule has 8 heteroatoms. The number of carbonyl (C=O) groups excluding carboxylic acids is 3. The number of carbonyl (C=O) groups is 3. The molecule has 0 aliphatic heterocycles. The van der Waals surface area contributed by atoms with Crippen molar-refractivity contribution in [2.75, 3.05) is 6.61 Å². The minimum atomic E-state index is -0.904. The monoisotopic (exact) mass is 413 g/mol. The number of rotatable bonds is 7. The van der Waals surface area contributed by atoms with Crippen LogP contribution in [0.25, 0.3) is 0 Å². The maximum atomic E-state index is 12.4. The lowest BCUT2D eigenvalue weighted by Gasteiger charge is -2.21. The Morgan fingerprint density at radius 3 is 2.38 bits per heavy atom. The lowest BCUT2D eigenvalue weighted by molar-refractivity contribution is -0.145. The van der Waals surface area contributed by atoms with Crippen LogP contribution in [0.15, 0.2) is 36.4 Å². The fraction of sp³-hybridized carbons (Fsp3) is 0.278. The van der Waals surface area contributed by atoms with Crippen LogP contribution in [0.4, 0.5) is 0 Å². The van der Waals surface area contributed by atoms with Crippen molar-refractivity contribution in [1.29, 1.82) is 0 Å². The highest BCUT2D eigenvalue weighted by Crippen LogP contribution is 2.22. The van der Waals surface area contributed by atoms with Gasteiger partial charge < -0.3 is 10.1 Å². The summed E-state index contributed by atoms with van der Waals surface area (Å²) >= 11 is 12.9. The predicted molar refractivity (Wildman–Crippen MR) is 102 cm³/mol. The van der Waals surface area contributed by atoms with Crippen LogP contribution in [-0.4, -0.2) is 30.3 Å². The lowest BCUT2D eigenvalue weighted by atomic mass is 10.0. The number of thiophene rings is 1. The molecular formula is C18H17Cl2NO4S. The summed E-state index contributed by atoms with van der Waals surface area (Å²) in [5, 5.41) is 2.90. The Balaban J connectivity index is 2.00. The van der Waals surface area contributed by atoms with Gasteiger partial charge in [-0.1, -0.05) is 49.2 Å². The van der Waals surface area contributed by atoms with E-state index in [4.69, 9.17) is 27.9 Å². The van der Waals surface area contributed by atoms with Gasteiger partial charge >= 0.3 is 5.97 Å². The number of hydrogen-bond donors (Lipinski definition) is 1. The van der Waals surface area contributed by atoms with E-state index in [9.17, 15) is 14.4 Å². The van der Waals surface area contributed by atoms with Crippen molar-refractivity contribution >= 4 is 52.2 Å². The largest absolute Gasteiger partial charge is 0.456 e. The van der Waals surface area contributed by atoms with Gasteiger partial charge in [0, 0.05) is 0 Å². The number of Topliss-reactive ketones (excluding diaryl/α,β-unsaturated/α-hetero) is 1. The minimum absolute atomic E-state index is 0.236. The third-order valence-electron chi connectivity index (χ3n) is 3.52. The predicted octanol–water partition coefficient (Wildman–Crippen LogP) is 4.24. The lowest BCUT2D eigenvalue weighted by Crippen LogP contribution is -2.45. The molecular weight excluding hydrogens is 397 g/mol. The van der Waals surface area contributed by atoms with Gasteiger partial charge in [0.05, 0.1) is 19.8 Å². The van der Waals surface area contributed by atoms with E-state index in [1.54, 1.807) is 50.2 Å². The van der Waals surface area contributed by atoms with Gasteiger partial charge in [0.15, 0.2) is 6.61 Å². The van der Waals surface area contributed by atoms with E-state index in [2.05, 4.69) is 5.32 Å². The van der Waals surface area contributed by atoms with Gasteiger partial charge in [0.2, 0.25) is 5.78 Å². The normalized spacial score (nSPS) is 11.9. The molecule has 0 radical (unpaired) electrons. The molecule has 0 saturated heterocycles. The Hall–Kier alpha value is -1.89. The highest BCUT2D eigenvalue weighted by Gasteiger charge is 2.27. The molecule has 0 aliphatic rings. The fourth-order valence-corrected chi connectivity index (χ4v) is 3.31. The summed E-state index contributed by atoms with van der Waals surface area (Å²) < 4.78 is 5.56. The van der Waals surface area contributed by atoms with Gasteiger partial charge in [0.25, 0.3) is 5.91 Å². The first-order valence-corrected chi connectivity index (χ1v) is 9.37. The summed E-state index contributed by atoms with van der Waals surface area (Å²) in [7, 11) is 0. The first-order chi connectivity index (χ1) is 12.3. The molecule has 1 amide bonds. The van der Waals surface area contributed by atoms with Crippen LogP contribution in [0.2, 0.25) is 9.36 Å². The second kappa shape index (κ2) is 9.16. The third kappa shape index (κ3) is 5.30. The Labute approximate surface area is 165 Å². The van der Waals surface area contributed by atoms with Crippen molar-refractivity contribution in [3.05, 3.63) is 56.2 Å². The van der Waals surface area contributed by atoms with Gasteiger partial charge in [-0.2, -0.15) is 0 Å². The first-order valence-electron chi connectivity index (χ1n) is 7.80. The summed E-state index contributed by atoms with van der Waals surface area (Å²) in [6.45, 7) is 3.11. The van der Waals surface area contributed by atoms with Crippen molar-refractivity contribution in [2.45, 2.75) is 19.9 Å². The molecule has 138 valence electrons. The molecule has 26 heavy (non-hydrogen) atoms. The molecule has 2 aromatic rings. The van der Waals surface area contributed by atoms with Gasteiger partial charge in [0.1, 0.15) is 6.04 Å². The van der Waals surface area contributed by atoms with E-state index >= 15 is 0 Å². The number of ether oxygens (including phenoxy) is 1. The maximum absolute atomic E-state index is 12.4. The second-order valence-electron chi connectivity index (χ2n) is 5.81. The van der Waals surface area contributed by atoms with E-state index in [0.717, 1.165) is 11.3 Å². The Morgan fingerprint density at radius 1 is 1.12 bits per heavy atom. The number of halogens is 2. The van der Waals surface area contributed by atoms with Crippen LogP contribution in [0.1, 0.15) is 33.9 Å². The van der Waals surface area contributed by atoms with Crippen molar-refractivity contribution in [1.82, 2.24) is 5.32 Å². The molecule has 0 fully saturated rings. The minimum Gasteiger partial charge on any atom is -0.456 e. The topological polar surface area (TPSA) is 72.5 Å². The molecule has 0 bridgehead atoms. The molecule has 0 saturated carbocycles. The average Bonchev–Trinajstić information content (AvgIpc) is 3.03. The zero-order valence-electron chi connectivity index (χ0n) is 14.1. The molecule has 1 heterocycles. The van der Waals surface area contributed by atoms with Gasteiger partial charge in [-0.25, -0.2) is 4.79 Å². The standard InChI is InChI=1S/C18H17Cl2NO4S/c1-10(2)16(21-17(23)11-5-3-4-6-12(11)19)18(24)25-9-13(22)14-7-8-15(20)26-14/h3-8,10,16H,9H2,1-2H3,(H,21,23)/t16-/m0/s1. The van der Waals surface area contributed by atoms with Crippen molar-refractivity contribution in [3.63, 3.8) is 0 Å². The van der Waals surface area contributed by atoms with Gasteiger partial charge in [-0.15, -0.1) is 11.3 Å². The van der Waals surface area contributed by atoms with Crippen LogP contribution >= 0.6 is 34.5 Å². The molecule has 1 atom stereocenters. The molecule has 0 spiro atoms. The smallest absolute Gasteiger partial charge is 0.329 e. The summed E-state index contributed by atoms with van der Waals surface area (Å²) in [5.41, 5.74) is 0.261. The second-order valence-corrected chi connectivity index (χ2v) is 7.93. The van der Waals surface area contributed by atoms with E-state index in [1.807, 2.05) is 0 Å². The maximum Gasteiger partial charge on any atom is 0.329 e. The number of ketones is 1. The van der Waals surface area contributed by atoms with Crippen LogP contribution in [0.3, 0.4) is 0 Å². The Bertz CT molecular complexity index is 819. The van der Waals surface area contributed by atoms with E-state index < -0.39 is 24.5 Å². The third-order valence-corrected chi connectivity index (χ3v) is 5.12. The summed E-state index contributed by atoms with van der Waals surface area (Å²) in [6.07, 6.45) is 0. The van der Waals surface area contributed by atoms with Crippen LogP contribution < -0.4 is 5.32 Å². The highest BCUT2D eigenvalue weighted by molar-refractivity contribution is 7.18. The van der Waals surface area contributed by atoms with Crippen molar-refractivity contribution < 1.29 is 19.1 Å².